The van der Waals surface area contributed by atoms with Gasteiger partial charge in [0.25, 0.3) is 5.91 Å². The van der Waals surface area contributed by atoms with E-state index in [1.54, 1.807) is 0 Å². The molecule has 2 aromatic rings. The maximum absolute atomic E-state index is 13.2. The van der Waals surface area contributed by atoms with E-state index >= 15 is 0 Å². The van der Waals surface area contributed by atoms with Crippen molar-refractivity contribution in [1.82, 2.24) is 15.5 Å². The fourth-order valence-corrected chi connectivity index (χ4v) is 2.20. The summed E-state index contributed by atoms with van der Waals surface area (Å²) in [6, 6.07) is 0.749. The molecule has 1 saturated heterocycles. The van der Waals surface area contributed by atoms with Crippen LogP contribution in [0.15, 0.2) is 24.5 Å². The van der Waals surface area contributed by atoms with E-state index in [-0.39, 0.29) is 18.8 Å². The van der Waals surface area contributed by atoms with Crippen molar-refractivity contribution in [3.05, 3.63) is 47.5 Å². The number of rotatable bonds is 4. The summed E-state index contributed by atoms with van der Waals surface area (Å²) < 4.78 is 50.1. The predicted octanol–water partition coefficient (Wildman–Crippen LogP) is 1.40. The number of carbonyl (C=O) groups excluding carboxylic acids is 1. The van der Waals surface area contributed by atoms with Crippen LogP contribution < -0.4 is 10.1 Å². The van der Waals surface area contributed by atoms with Crippen LogP contribution in [0.3, 0.4) is 0 Å². The number of nitrogens with zero attached hydrogens (tertiary/aromatic N) is 1. The molecule has 3 rings (SSSR count). The van der Waals surface area contributed by atoms with Crippen molar-refractivity contribution >= 4 is 5.91 Å². The molecule has 6 nitrogen and oxygen atoms in total. The minimum absolute atomic E-state index is 0.181. The SMILES string of the molecule is O=C(N[C@H]1COC[C@H]1Oc1cn[nH]c1)c1cc(F)c(F)c(F)c1. The summed E-state index contributed by atoms with van der Waals surface area (Å²) in [5.74, 6) is -4.75. The number of amides is 1. The van der Waals surface area contributed by atoms with Crippen molar-refractivity contribution in [2.24, 2.45) is 0 Å². The Kier molecular flexibility index (Phi) is 4.20. The largest absolute Gasteiger partial charge is 0.482 e. The van der Waals surface area contributed by atoms with Crippen molar-refractivity contribution in [3.63, 3.8) is 0 Å². The number of nitrogens with one attached hydrogen (secondary N) is 2. The summed E-state index contributed by atoms with van der Waals surface area (Å²) in [7, 11) is 0. The molecular weight excluding hydrogens is 315 g/mol. The topological polar surface area (TPSA) is 76.2 Å². The van der Waals surface area contributed by atoms with Crippen LogP contribution in [-0.4, -0.2) is 41.5 Å². The number of halogens is 3. The second-order valence-corrected chi connectivity index (χ2v) is 4.96. The molecule has 0 spiro atoms. The van der Waals surface area contributed by atoms with Gasteiger partial charge in [0.2, 0.25) is 0 Å². The van der Waals surface area contributed by atoms with E-state index < -0.39 is 35.5 Å². The summed E-state index contributed by atoms with van der Waals surface area (Å²) in [5.41, 5.74) is -0.324. The molecule has 1 aliphatic heterocycles. The van der Waals surface area contributed by atoms with E-state index in [0.717, 1.165) is 0 Å². The monoisotopic (exact) mass is 327 g/mol. The fourth-order valence-electron chi connectivity index (χ4n) is 2.20. The highest BCUT2D eigenvalue weighted by Gasteiger charge is 2.32. The average Bonchev–Trinajstić information content (AvgIpc) is 3.17. The third-order valence-corrected chi connectivity index (χ3v) is 3.35. The number of hydrogen-bond acceptors (Lipinski definition) is 4. The van der Waals surface area contributed by atoms with E-state index in [1.165, 1.54) is 12.4 Å². The highest BCUT2D eigenvalue weighted by Crippen LogP contribution is 2.17. The molecule has 2 N–H and O–H groups in total. The zero-order valence-corrected chi connectivity index (χ0v) is 11.7. The summed E-state index contributed by atoms with van der Waals surface area (Å²) in [5, 5.41) is 8.87. The van der Waals surface area contributed by atoms with Crippen molar-refractivity contribution in [2.75, 3.05) is 13.2 Å². The van der Waals surface area contributed by atoms with E-state index in [2.05, 4.69) is 15.5 Å². The zero-order valence-electron chi connectivity index (χ0n) is 11.7. The lowest BCUT2D eigenvalue weighted by atomic mass is 10.1. The van der Waals surface area contributed by atoms with Crippen LogP contribution in [-0.2, 0) is 4.74 Å². The molecule has 2 atom stereocenters. The number of ether oxygens (including phenoxy) is 2. The smallest absolute Gasteiger partial charge is 0.251 e. The van der Waals surface area contributed by atoms with Gasteiger partial charge in [-0.25, -0.2) is 13.2 Å². The Morgan fingerprint density at radius 3 is 2.70 bits per heavy atom. The lowest BCUT2D eigenvalue weighted by Gasteiger charge is -2.19. The maximum Gasteiger partial charge on any atom is 0.251 e. The second-order valence-electron chi connectivity index (χ2n) is 4.96. The van der Waals surface area contributed by atoms with E-state index in [9.17, 15) is 18.0 Å². The number of carbonyl (C=O) groups is 1. The number of H-pyrrole nitrogens is 1. The zero-order chi connectivity index (χ0) is 16.4. The molecule has 1 aliphatic rings. The molecule has 0 radical (unpaired) electrons. The lowest BCUT2D eigenvalue weighted by Crippen LogP contribution is -2.45. The fraction of sp³-hybridized carbons (Fsp3) is 0.286. The Labute approximate surface area is 128 Å². The van der Waals surface area contributed by atoms with Gasteiger partial charge < -0.3 is 14.8 Å². The summed E-state index contributed by atoms with van der Waals surface area (Å²) in [4.78, 5) is 12.1. The van der Waals surface area contributed by atoms with Crippen molar-refractivity contribution in [3.8, 4) is 5.75 Å². The third kappa shape index (κ3) is 3.29. The van der Waals surface area contributed by atoms with Gasteiger partial charge in [0.15, 0.2) is 23.2 Å². The molecule has 1 fully saturated rings. The van der Waals surface area contributed by atoms with Crippen LogP contribution in [0.5, 0.6) is 5.75 Å². The number of aromatic amines is 1. The first-order valence-electron chi connectivity index (χ1n) is 6.73. The van der Waals surface area contributed by atoms with Gasteiger partial charge in [0.1, 0.15) is 6.10 Å². The van der Waals surface area contributed by atoms with Gasteiger partial charge in [-0.3, -0.25) is 9.89 Å². The van der Waals surface area contributed by atoms with Crippen molar-refractivity contribution < 1.29 is 27.4 Å². The van der Waals surface area contributed by atoms with E-state index in [1.807, 2.05) is 0 Å². The lowest BCUT2D eigenvalue weighted by molar-refractivity contribution is 0.0903. The minimum atomic E-state index is -1.62. The first-order chi connectivity index (χ1) is 11.0. The maximum atomic E-state index is 13.2. The van der Waals surface area contributed by atoms with Crippen LogP contribution in [0.4, 0.5) is 13.2 Å². The predicted molar refractivity (Wildman–Crippen MR) is 71.4 cm³/mol. The highest BCUT2D eigenvalue weighted by molar-refractivity contribution is 5.94. The van der Waals surface area contributed by atoms with Gasteiger partial charge in [-0.1, -0.05) is 0 Å². The molecule has 1 aromatic carbocycles. The first kappa shape index (κ1) is 15.3. The second kappa shape index (κ2) is 6.29. The Hall–Kier alpha value is -2.55. The molecule has 0 aliphatic carbocycles. The normalized spacial score (nSPS) is 20.5. The molecule has 0 unspecified atom stereocenters. The molecular formula is C14H12F3N3O3. The molecule has 1 amide bonds. The Morgan fingerprint density at radius 2 is 2.04 bits per heavy atom. The van der Waals surface area contributed by atoms with Gasteiger partial charge in [0, 0.05) is 5.56 Å². The van der Waals surface area contributed by atoms with Crippen LogP contribution in [0.25, 0.3) is 0 Å². The van der Waals surface area contributed by atoms with Crippen LogP contribution in [0.2, 0.25) is 0 Å². The number of aromatic nitrogens is 2. The summed E-state index contributed by atoms with van der Waals surface area (Å²) in [6.07, 6.45) is 2.51. The van der Waals surface area contributed by atoms with Crippen molar-refractivity contribution in [2.45, 2.75) is 12.1 Å². The van der Waals surface area contributed by atoms with E-state index in [0.29, 0.717) is 17.9 Å². The summed E-state index contributed by atoms with van der Waals surface area (Å²) >= 11 is 0. The highest BCUT2D eigenvalue weighted by atomic mass is 19.2. The molecule has 9 heteroatoms. The number of benzene rings is 1. The standard InChI is InChI=1S/C14H12F3N3O3/c15-9-1-7(2-10(16)13(9)17)14(21)20-11-5-22-6-12(11)23-8-3-18-19-4-8/h1-4,11-12H,5-6H2,(H,18,19)(H,20,21)/t11-,12+/m0/s1. The molecule has 23 heavy (non-hydrogen) atoms. The van der Waals surface area contributed by atoms with Crippen LogP contribution in [0, 0.1) is 17.5 Å². The average molecular weight is 327 g/mol. The minimum Gasteiger partial charge on any atom is -0.482 e. The molecule has 0 saturated carbocycles. The van der Waals surface area contributed by atoms with Crippen molar-refractivity contribution in [1.29, 1.82) is 0 Å². The molecule has 1 aromatic heterocycles. The van der Waals surface area contributed by atoms with Gasteiger partial charge in [0.05, 0.1) is 31.6 Å². The molecule has 122 valence electrons. The number of hydrogen-bond donors (Lipinski definition) is 2. The van der Waals surface area contributed by atoms with Gasteiger partial charge >= 0.3 is 0 Å². The Morgan fingerprint density at radius 1 is 1.30 bits per heavy atom. The quantitative estimate of drug-likeness (QED) is 0.833. The first-order valence-corrected chi connectivity index (χ1v) is 6.73. The van der Waals surface area contributed by atoms with Gasteiger partial charge in [-0.2, -0.15) is 5.10 Å². The third-order valence-electron chi connectivity index (χ3n) is 3.35. The van der Waals surface area contributed by atoms with Gasteiger partial charge in [-0.15, -0.1) is 0 Å². The van der Waals surface area contributed by atoms with Crippen LogP contribution in [0.1, 0.15) is 10.4 Å². The van der Waals surface area contributed by atoms with Gasteiger partial charge in [-0.05, 0) is 12.1 Å². The Balaban J connectivity index is 1.69. The Bertz CT molecular complexity index is 686. The summed E-state index contributed by atoms with van der Waals surface area (Å²) in [6.45, 7) is 0.419. The molecule has 0 bridgehead atoms. The van der Waals surface area contributed by atoms with E-state index in [4.69, 9.17) is 9.47 Å². The van der Waals surface area contributed by atoms with Crippen LogP contribution >= 0.6 is 0 Å². The molecule has 2 heterocycles.